The van der Waals surface area contributed by atoms with Crippen molar-refractivity contribution in [1.29, 1.82) is 0 Å². The molecule has 4 aromatic carbocycles. The number of hydrogen-bond acceptors (Lipinski definition) is 6. The Morgan fingerprint density at radius 3 is 2.08 bits per heavy atom. The number of benzene rings is 4. The fourth-order valence-corrected chi connectivity index (χ4v) is 5.32. The molecule has 0 fully saturated rings. The number of esters is 1. The van der Waals surface area contributed by atoms with Crippen molar-refractivity contribution in [2.75, 3.05) is 26.0 Å². The predicted octanol–water partition coefficient (Wildman–Crippen LogP) is 6.91. The van der Waals surface area contributed by atoms with Gasteiger partial charge < -0.3 is 25.2 Å². The number of carbonyl (C=O) groups excluding carboxylic acids is 3. The second-order valence-corrected chi connectivity index (χ2v) is 11.4. The molecule has 49 heavy (non-hydrogen) atoms. The van der Waals surface area contributed by atoms with Crippen molar-refractivity contribution in [3.8, 4) is 22.9 Å². The molecule has 1 heterocycles. The molecule has 0 spiro atoms. The predicted molar refractivity (Wildman–Crippen MR) is 176 cm³/mol. The van der Waals surface area contributed by atoms with E-state index in [1.54, 1.807) is 54.6 Å². The van der Waals surface area contributed by atoms with Crippen LogP contribution in [-0.2, 0) is 22.1 Å². The van der Waals surface area contributed by atoms with Gasteiger partial charge in [-0.15, -0.1) is 0 Å². The van der Waals surface area contributed by atoms with Crippen LogP contribution in [0.4, 0.5) is 18.9 Å². The Morgan fingerprint density at radius 2 is 1.45 bits per heavy atom. The first-order valence-electron chi connectivity index (χ1n) is 15.1. The molecule has 1 aromatic heterocycles. The third-order valence-electron chi connectivity index (χ3n) is 7.79. The van der Waals surface area contributed by atoms with E-state index in [0.717, 1.165) is 12.1 Å². The Morgan fingerprint density at radius 1 is 0.816 bits per heavy atom. The van der Waals surface area contributed by atoms with Crippen LogP contribution in [0.3, 0.4) is 0 Å². The first-order valence-corrected chi connectivity index (χ1v) is 15.1. The molecule has 0 saturated carbocycles. The Hall–Kier alpha value is -6.04. The molecule has 5 rings (SSSR count). The lowest BCUT2D eigenvalue weighted by Crippen LogP contribution is -2.25. The van der Waals surface area contributed by atoms with Crippen LogP contribution in [0, 0.1) is 0 Å². The first-order chi connectivity index (χ1) is 23.3. The van der Waals surface area contributed by atoms with Crippen LogP contribution in [0.15, 0.2) is 109 Å². The molecule has 12 heteroatoms. The second kappa shape index (κ2) is 14.4. The van der Waals surface area contributed by atoms with Crippen LogP contribution in [-0.4, -0.2) is 58.2 Å². The standard InChI is InChI=1S/C37H32F3N3O6/c1-42(2)36(48)29-20-23(21-34(46)49-22-31(25-8-4-3-5-9-25)43-32(44)18-19-33(43)45)12-17-30(29)41-35(47)28-11-7-6-10-27(28)24-13-15-26(16-14-24)37(38,39)40/h3-20,31,44-45H,21-22H2,1-2H3,(H,41,47). The third-order valence-corrected chi connectivity index (χ3v) is 7.79. The van der Waals surface area contributed by atoms with E-state index in [-0.39, 0.29) is 41.6 Å². The first kappa shape index (κ1) is 34.3. The second-order valence-electron chi connectivity index (χ2n) is 11.4. The van der Waals surface area contributed by atoms with Crippen molar-refractivity contribution >= 4 is 23.5 Å². The number of ether oxygens (including phenoxy) is 1. The molecule has 9 nitrogen and oxygen atoms in total. The molecule has 3 N–H and O–H groups in total. The van der Waals surface area contributed by atoms with Gasteiger partial charge in [0.25, 0.3) is 11.8 Å². The maximum absolute atomic E-state index is 13.5. The fraction of sp³-hybridized carbons (Fsp3) is 0.162. The average Bonchev–Trinajstić information content (AvgIpc) is 3.42. The lowest BCUT2D eigenvalue weighted by Gasteiger charge is -2.21. The van der Waals surface area contributed by atoms with Crippen molar-refractivity contribution in [2.45, 2.75) is 18.6 Å². The number of rotatable bonds is 10. The van der Waals surface area contributed by atoms with Gasteiger partial charge in [0.1, 0.15) is 6.61 Å². The van der Waals surface area contributed by atoms with Crippen molar-refractivity contribution in [1.82, 2.24) is 9.47 Å². The largest absolute Gasteiger partial charge is 0.494 e. The summed E-state index contributed by atoms with van der Waals surface area (Å²) in [6.07, 6.45) is -4.74. The molecule has 0 saturated heterocycles. The SMILES string of the molecule is CN(C)C(=O)c1cc(CC(=O)OCC(c2ccccc2)n2c(O)ccc2O)ccc1NC(=O)c1ccccc1-c1ccc(C(F)(F)F)cc1. The van der Waals surface area contributed by atoms with Crippen LogP contribution in [0.2, 0.25) is 0 Å². The number of halogens is 3. The van der Waals surface area contributed by atoms with Gasteiger partial charge in [-0.1, -0.05) is 66.7 Å². The number of nitrogens with zero attached hydrogens (tertiary/aromatic N) is 2. The summed E-state index contributed by atoms with van der Waals surface area (Å²) in [5.41, 5.74) is 1.50. The van der Waals surface area contributed by atoms with E-state index in [0.29, 0.717) is 22.3 Å². The molecular formula is C37H32F3N3O6. The lowest BCUT2D eigenvalue weighted by atomic mass is 9.97. The summed E-state index contributed by atoms with van der Waals surface area (Å²) in [6.45, 7) is -0.214. The Labute approximate surface area is 279 Å². The summed E-state index contributed by atoms with van der Waals surface area (Å²) in [5.74, 6) is -2.12. The highest BCUT2D eigenvalue weighted by Gasteiger charge is 2.30. The number of amides is 2. The number of anilines is 1. The van der Waals surface area contributed by atoms with Gasteiger partial charge in [-0.3, -0.25) is 19.0 Å². The van der Waals surface area contributed by atoms with Gasteiger partial charge in [0, 0.05) is 31.8 Å². The third kappa shape index (κ3) is 7.92. The summed E-state index contributed by atoms with van der Waals surface area (Å²) in [7, 11) is 3.06. The van der Waals surface area contributed by atoms with Gasteiger partial charge in [-0.05, 0) is 52.6 Å². The minimum atomic E-state index is -4.50. The van der Waals surface area contributed by atoms with Gasteiger partial charge >= 0.3 is 12.1 Å². The molecule has 0 aliphatic heterocycles. The summed E-state index contributed by atoms with van der Waals surface area (Å²) < 4.78 is 46.1. The Bertz CT molecular complexity index is 1950. The maximum atomic E-state index is 13.5. The maximum Gasteiger partial charge on any atom is 0.416 e. The number of carbonyl (C=O) groups is 3. The van der Waals surface area contributed by atoms with Crippen molar-refractivity contribution < 1.29 is 42.5 Å². The normalized spacial score (nSPS) is 11.9. The lowest BCUT2D eigenvalue weighted by molar-refractivity contribution is -0.143. The molecular weight excluding hydrogens is 639 g/mol. The van der Waals surface area contributed by atoms with Crippen molar-refractivity contribution in [2.24, 2.45) is 0 Å². The topological polar surface area (TPSA) is 121 Å². The zero-order valence-electron chi connectivity index (χ0n) is 26.4. The van der Waals surface area contributed by atoms with E-state index in [2.05, 4.69) is 5.32 Å². The summed E-state index contributed by atoms with van der Waals surface area (Å²) >= 11 is 0. The molecule has 5 aromatic rings. The minimum Gasteiger partial charge on any atom is -0.494 e. The number of aromatic hydroxyl groups is 2. The Kier molecular flexibility index (Phi) is 10.1. The quantitative estimate of drug-likeness (QED) is 0.139. The van der Waals surface area contributed by atoms with Crippen LogP contribution >= 0.6 is 0 Å². The monoisotopic (exact) mass is 671 g/mol. The van der Waals surface area contributed by atoms with E-state index in [1.165, 1.54) is 66.0 Å². The number of aromatic nitrogens is 1. The summed E-state index contributed by atoms with van der Waals surface area (Å²) in [6, 6.07) is 26.2. The molecule has 0 aliphatic rings. The van der Waals surface area contributed by atoms with Gasteiger partial charge in [-0.25, -0.2) is 0 Å². The van der Waals surface area contributed by atoms with E-state index in [1.807, 2.05) is 0 Å². The van der Waals surface area contributed by atoms with Gasteiger partial charge in [-0.2, -0.15) is 13.2 Å². The van der Waals surface area contributed by atoms with Crippen LogP contribution in [0.25, 0.3) is 11.1 Å². The van der Waals surface area contributed by atoms with Gasteiger partial charge in [0.15, 0.2) is 11.8 Å². The van der Waals surface area contributed by atoms with Crippen LogP contribution < -0.4 is 5.32 Å². The number of alkyl halides is 3. The zero-order chi connectivity index (χ0) is 35.3. The number of nitrogens with one attached hydrogen (secondary N) is 1. The molecule has 1 atom stereocenters. The van der Waals surface area contributed by atoms with E-state index < -0.39 is 35.6 Å². The highest BCUT2D eigenvalue weighted by atomic mass is 19.4. The number of hydrogen-bond donors (Lipinski definition) is 3. The van der Waals surface area contributed by atoms with Gasteiger partial charge in [0.2, 0.25) is 0 Å². The highest BCUT2D eigenvalue weighted by molar-refractivity contribution is 6.11. The summed E-state index contributed by atoms with van der Waals surface area (Å²) in [5, 5.41) is 23.4. The van der Waals surface area contributed by atoms with Crippen molar-refractivity contribution in [3.05, 3.63) is 137 Å². The molecule has 252 valence electrons. The molecule has 0 radical (unpaired) electrons. The van der Waals surface area contributed by atoms with Gasteiger partial charge in [0.05, 0.1) is 29.3 Å². The Balaban J connectivity index is 1.35. The van der Waals surface area contributed by atoms with Crippen molar-refractivity contribution in [3.63, 3.8) is 0 Å². The molecule has 2 amide bonds. The van der Waals surface area contributed by atoms with E-state index in [9.17, 15) is 37.8 Å². The minimum absolute atomic E-state index is 0.0972. The zero-order valence-corrected chi connectivity index (χ0v) is 26.4. The highest BCUT2D eigenvalue weighted by Crippen LogP contribution is 2.33. The fourth-order valence-electron chi connectivity index (χ4n) is 5.32. The van der Waals surface area contributed by atoms with Crippen LogP contribution in [0.5, 0.6) is 11.8 Å². The average molecular weight is 672 g/mol. The smallest absolute Gasteiger partial charge is 0.416 e. The van der Waals surface area contributed by atoms with E-state index >= 15 is 0 Å². The molecule has 0 aliphatic carbocycles. The molecule has 1 unspecified atom stereocenters. The summed E-state index contributed by atoms with van der Waals surface area (Å²) in [4.78, 5) is 41.1. The molecule has 0 bridgehead atoms. The van der Waals surface area contributed by atoms with Crippen LogP contribution in [0.1, 0.15) is 43.4 Å². The van der Waals surface area contributed by atoms with E-state index in [4.69, 9.17) is 4.74 Å².